The van der Waals surface area contributed by atoms with E-state index in [1.165, 1.54) is 18.2 Å². The summed E-state index contributed by atoms with van der Waals surface area (Å²) >= 11 is 0. The molecule has 1 N–H and O–H groups in total. The fourth-order valence-electron chi connectivity index (χ4n) is 4.50. The molecule has 7 nitrogen and oxygen atoms in total. The molecule has 1 saturated heterocycles. The van der Waals surface area contributed by atoms with Crippen molar-refractivity contribution in [3.8, 4) is 11.3 Å². The van der Waals surface area contributed by atoms with Crippen LogP contribution in [0.1, 0.15) is 28.4 Å². The predicted octanol–water partition coefficient (Wildman–Crippen LogP) is 5.33. The molecular weight excluding hydrogens is 483 g/mol. The number of benzene rings is 2. The third kappa shape index (κ3) is 4.82. The molecule has 188 valence electrons. The molecular formula is C27H22F3N5O2. The Morgan fingerprint density at radius 2 is 1.89 bits per heavy atom. The second kappa shape index (κ2) is 9.53. The summed E-state index contributed by atoms with van der Waals surface area (Å²) < 4.78 is 40.9. The van der Waals surface area contributed by atoms with E-state index in [1.54, 1.807) is 41.6 Å². The van der Waals surface area contributed by atoms with Gasteiger partial charge in [0.15, 0.2) is 0 Å². The number of amides is 2. The number of aromatic nitrogens is 3. The van der Waals surface area contributed by atoms with E-state index < -0.39 is 17.6 Å². The summed E-state index contributed by atoms with van der Waals surface area (Å²) in [6.45, 7) is 4.71. The molecule has 0 radical (unpaired) electrons. The smallest absolute Gasteiger partial charge is 0.337 e. The van der Waals surface area contributed by atoms with E-state index in [9.17, 15) is 22.8 Å². The summed E-state index contributed by atoms with van der Waals surface area (Å²) in [5.41, 5.74) is 1.84. The lowest BCUT2D eigenvalue weighted by Gasteiger charge is -2.15. The molecule has 3 heterocycles. The summed E-state index contributed by atoms with van der Waals surface area (Å²) in [6.07, 6.45) is 0.972. The Bertz CT molecular complexity index is 1490. The lowest BCUT2D eigenvalue weighted by Crippen LogP contribution is -2.27. The zero-order valence-corrected chi connectivity index (χ0v) is 19.6. The first-order chi connectivity index (χ1) is 17.7. The number of hydrogen-bond acceptors (Lipinski definition) is 4. The first kappa shape index (κ1) is 24.2. The standard InChI is InChI=1S/C27H22F3N5O2/c1-2-24(36)34-13-11-21(16-34)35-23-10-12-31-15-22(23)25(33-35)17-6-8-20(9-7-17)32-26(37)18-4-3-5-19(14-18)27(28,29)30/h2-10,12,14-15,21H,1,11,13,16H2,(H,32,37). The highest BCUT2D eigenvalue weighted by Crippen LogP contribution is 2.33. The number of hydrogen-bond donors (Lipinski definition) is 1. The van der Waals surface area contributed by atoms with Crippen LogP contribution in [0.15, 0.2) is 79.6 Å². The molecule has 2 aromatic carbocycles. The number of rotatable bonds is 5. The number of halogens is 3. The highest BCUT2D eigenvalue weighted by atomic mass is 19.4. The number of nitrogens with zero attached hydrogens (tertiary/aromatic N) is 4. The Morgan fingerprint density at radius 1 is 1.11 bits per heavy atom. The number of carbonyl (C=O) groups excluding carboxylic acids is 2. The SMILES string of the molecule is C=CC(=O)N1CCC(n2nc(-c3ccc(NC(=O)c4cccc(C(F)(F)F)c4)cc3)c3cnccc32)C1. The van der Waals surface area contributed by atoms with E-state index in [1.807, 2.05) is 10.7 Å². The van der Waals surface area contributed by atoms with Gasteiger partial charge in [0.05, 0.1) is 17.1 Å². The van der Waals surface area contributed by atoms with Crippen molar-refractivity contribution in [2.45, 2.75) is 18.6 Å². The molecule has 0 saturated carbocycles. The Hall–Kier alpha value is -4.47. The number of likely N-dealkylation sites (tertiary alicyclic amines) is 1. The van der Waals surface area contributed by atoms with E-state index in [0.29, 0.717) is 24.5 Å². The summed E-state index contributed by atoms with van der Waals surface area (Å²) in [5.74, 6) is -0.749. The highest BCUT2D eigenvalue weighted by molar-refractivity contribution is 6.04. The maximum absolute atomic E-state index is 13.0. The van der Waals surface area contributed by atoms with Crippen LogP contribution in [-0.2, 0) is 11.0 Å². The van der Waals surface area contributed by atoms with Crippen LogP contribution in [-0.4, -0.2) is 44.6 Å². The molecule has 1 unspecified atom stereocenters. The number of nitrogens with one attached hydrogen (secondary N) is 1. The van der Waals surface area contributed by atoms with Gasteiger partial charge in [-0.15, -0.1) is 0 Å². The van der Waals surface area contributed by atoms with Crippen LogP contribution in [0.5, 0.6) is 0 Å². The molecule has 1 fully saturated rings. The maximum Gasteiger partial charge on any atom is 0.416 e. The molecule has 1 atom stereocenters. The van der Waals surface area contributed by atoms with Gasteiger partial charge in [-0.05, 0) is 48.9 Å². The van der Waals surface area contributed by atoms with Crippen molar-refractivity contribution >= 4 is 28.4 Å². The van der Waals surface area contributed by atoms with Crippen LogP contribution >= 0.6 is 0 Å². The molecule has 1 aliphatic heterocycles. The third-order valence-corrected chi connectivity index (χ3v) is 6.37. The summed E-state index contributed by atoms with van der Waals surface area (Å²) in [7, 11) is 0. The number of anilines is 1. The van der Waals surface area contributed by atoms with Crippen LogP contribution in [0.4, 0.5) is 18.9 Å². The van der Waals surface area contributed by atoms with Gasteiger partial charge in [-0.2, -0.15) is 18.3 Å². The van der Waals surface area contributed by atoms with Crippen molar-refractivity contribution in [3.63, 3.8) is 0 Å². The lowest BCUT2D eigenvalue weighted by atomic mass is 10.1. The van der Waals surface area contributed by atoms with Crippen molar-refractivity contribution < 1.29 is 22.8 Å². The van der Waals surface area contributed by atoms with Crippen LogP contribution in [0.3, 0.4) is 0 Å². The van der Waals surface area contributed by atoms with Gasteiger partial charge in [0.1, 0.15) is 5.69 Å². The van der Waals surface area contributed by atoms with Gasteiger partial charge in [0, 0.05) is 47.7 Å². The monoisotopic (exact) mass is 505 g/mol. The van der Waals surface area contributed by atoms with E-state index in [2.05, 4.69) is 16.9 Å². The lowest BCUT2D eigenvalue weighted by molar-refractivity contribution is -0.137. The quantitative estimate of drug-likeness (QED) is 0.372. The van der Waals surface area contributed by atoms with Gasteiger partial charge in [-0.3, -0.25) is 19.3 Å². The van der Waals surface area contributed by atoms with Crippen LogP contribution in [0.2, 0.25) is 0 Å². The summed E-state index contributed by atoms with van der Waals surface area (Å²) in [5, 5.41) is 8.33. The largest absolute Gasteiger partial charge is 0.416 e. The zero-order valence-electron chi connectivity index (χ0n) is 19.6. The number of carbonyl (C=O) groups is 2. The van der Waals surface area contributed by atoms with Crippen LogP contribution < -0.4 is 5.32 Å². The predicted molar refractivity (Wildman–Crippen MR) is 133 cm³/mol. The number of pyridine rings is 1. The van der Waals surface area contributed by atoms with Gasteiger partial charge in [-0.25, -0.2) is 0 Å². The average Bonchev–Trinajstić information content (AvgIpc) is 3.54. The Kier molecular flexibility index (Phi) is 6.24. The Labute approximate surface area is 210 Å². The van der Waals surface area contributed by atoms with Crippen molar-refractivity contribution in [2.75, 3.05) is 18.4 Å². The van der Waals surface area contributed by atoms with E-state index in [-0.39, 0.29) is 17.5 Å². The molecule has 4 aromatic rings. The fraction of sp³-hybridized carbons (Fsp3) is 0.185. The second-order valence-electron chi connectivity index (χ2n) is 8.73. The van der Waals surface area contributed by atoms with Gasteiger partial charge >= 0.3 is 6.18 Å². The van der Waals surface area contributed by atoms with Gasteiger partial charge in [0.2, 0.25) is 5.91 Å². The first-order valence-corrected chi connectivity index (χ1v) is 11.6. The van der Waals surface area contributed by atoms with Gasteiger partial charge < -0.3 is 10.2 Å². The zero-order chi connectivity index (χ0) is 26.2. The van der Waals surface area contributed by atoms with E-state index >= 15 is 0 Å². The van der Waals surface area contributed by atoms with Crippen LogP contribution in [0, 0.1) is 0 Å². The summed E-state index contributed by atoms with van der Waals surface area (Å²) in [6, 6.07) is 13.1. The molecule has 0 spiro atoms. The molecule has 5 rings (SSSR count). The Balaban J connectivity index is 1.38. The molecule has 0 aliphatic carbocycles. The normalized spacial score (nSPS) is 15.6. The highest BCUT2D eigenvalue weighted by Gasteiger charge is 2.31. The minimum atomic E-state index is -4.53. The number of fused-ring (bicyclic) bond motifs is 1. The second-order valence-corrected chi connectivity index (χ2v) is 8.73. The molecule has 0 bridgehead atoms. The maximum atomic E-state index is 13.0. The van der Waals surface area contributed by atoms with Crippen molar-refractivity contribution in [2.24, 2.45) is 0 Å². The Morgan fingerprint density at radius 3 is 2.62 bits per heavy atom. The summed E-state index contributed by atoms with van der Waals surface area (Å²) in [4.78, 5) is 30.5. The third-order valence-electron chi connectivity index (χ3n) is 6.37. The number of alkyl halides is 3. The van der Waals surface area contributed by atoms with Gasteiger partial charge in [-0.1, -0.05) is 24.8 Å². The first-order valence-electron chi connectivity index (χ1n) is 11.6. The minimum absolute atomic E-state index is 0.00794. The molecule has 10 heteroatoms. The van der Waals surface area contributed by atoms with E-state index in [4.69, 9.17) is 5.10 Å². The minimum Gasteiger partial charge on any atom is -0.337 e. The fourth-order valence-corrected chi connectivity index (χ4v) is 4.50. The molecule has 2 amide bonds. The van der Waals surface area contributed by atoms with E-state index in [0.717, 1.165) is 35.0 Å². The topological polar surface area (TPSA) is 80.1 Å². The average molecular weight is 506 g/mol. The van der Waals surface area contributed by atoms with Crippen molar-refractivity contribution in [1.82, 2.24) is 19.7 Å². The van der Waals surface area contributed by atoms with Crippen molar-refractivity contribution in [1.29, 1.82) is 0 Å². The van der Waals surface area contributed by atoms with Crippen molar-refractivity contribution in [3.05, 3.63) is 90.8 Å². The van der Waals surface area contributed by atoms with Gasteiger partial charge in [0.25, 0.3) is 5.91 Å². The molecule has 37 heavy (non-hydrogen) atoms. The van der Waals surface area contributed by atoms with Crippen LogP contribution in [0.25, 0.3) is 22.2 Å². The molecule has 2 aromatic heterocycles. The molecule has 1 aliphatic rings.